The maximum atomic E-state index is 12.9. The SMILES string of the molecule is Cc1nccc(N(CC(C)(C)C)NC(=O)c2ccc(CN3CCN(C)CC3)cc2)n1. The number of aromatic nitrogens is 2. The lowest BCUT2D eigenvalue weighted by Crippen LogP contribution is -2.47. The van der Waals surface area contributed by atoms with E-state index < -0.39 is 0 Å². The van der Waals surface area contributed by atoms with Gasteiger partial charge in [0.15, 0.2) is 5.82 Å². The molecular weight excluding hydrogens is 376 g/mol. The van der Waals surface area contributed by atoms with Crippen molar-refractivity contribution in [2.75, 3.05) is 44.8 Å². The molecular formula is C23H34N6O. The Bertz CT molecular complexity index is 838. The van der Waals surface area contributed by atoms with Gasteiger partial charge in [-0.25, -0.2) is 9.97 Å². The molecule has 1 aromatic carbocycles. The number of anilines is 1. The number of likely N-dealkylation sites (N-methyl/N-ethyl adjacent to an activating group) is 1. The second-order valence-electron chi connectivity index (χ2n) is 9.33. The third-order valence-electron chi connectivity index (χ3n) is 5.13. The van der Waals surface area contributed by atoms with E-state index in [-0.39, 0.29) is 11.3 Å². The highest BCUT2D eigenvalue weighted by atomic mass is 16.2. The number of hydrogen-bond donors (Lipinski definition) is 1. The topological polar surface area (TPSA) is 64.6 Å². The van der Waals surface area contributed by atoms with Crippen LogP contribution in [0.1, 0.15) is 42.5 Å². The summed E-state index contributed by atoms with van der Waals surface area (Å²) in [5, 5.41) is 1.81. The highest BCUT2D eigenvalue weighted by Gasteiger charge is 2.21. The van der Waals surface area contributed by atoms with Gasteiger partial charge in [0, 0.05) is 57.1 Å². The lowest BCUT2D eigenvalue weighted by Gasteiger charge is -2.32. The van der Waals surface area contributed by atoms with E-state index >= 15 is 0 Å². The number of rotatable bonds is 6. The van der Waals surface area contributed by atoms with Crippen LogP contribution in [0.2, 0.25) is 0 Å². The summed E-state index contributed by atoms with van der Waals surface area (Å²) in [7, 11) is 2.16. The number of amides is 1. The van der Waals surface area contributed by atoms with E-state index in [1.165, 1.54) is 5.56 Å². The van der Waals surface area contributed by atoms with E-state index in [1.807, 2.05) is 30.1 Å². The van der Waals surface area contributed by atoms with Gasteiger partial charge in [-0.3, -0.25) is 20.1 Å². The Kier molecular flexibility index (Phi) is 7.05. The molecule has 1 N–H and O–H groups in total. The van der Waals surface area contributed by atoms with Crippen molar-refractivity contribution in [2.24, 2.45) is 5.41 Å². The van der Waals surface area contributed by atoms with Gasteiger partial charge in [-0.15, -0.1) is 0 Å². The molecule has 0 spiro atoms. The summed E-state index contributed by atoms with van der Waals surface area (Å²) in [5.41, 5.74) is 4.88. The fourth-order valence-electron chi connectivity index (χ4n) is 3.46. The van der Waals surface area contributed by atoms with Gasteiger partial charge >= 0.3 is 0 Å². The standard InChI is InChI=1S/C23H34N6O/c1-18-24-11-10-21(25-18)29(17-23(2,3)4)26-22(30)20-8-6-19(7-9-20)16-28-14-12-27(5)13-15-28/h6-11H,12-17H2,1-5H3,(H,26,30). The van der Waals surface area contributed by atoms with E-state index in [9.17, 15) is 4.79 Å². The first kappa shape index (κ1) is 22.2. The van der Waals surface area contributed by atoms with Gasteiger partial charge in [0.1, 0.15) is 5.82 Å². The molecule has 7 heteroatoms. The molecule has 0 unspecified atom stereocenters. The van der Waals surface area contributed by atoms with Crippen LogP contribution in [0.4, 0.5) is 5.82 Å². The second kappa shape index (κ2) is 9.53. The van der Waals surface area contributed by atoms with Crippen LogP contribution in [0.15, 0.2) is 36.5 Å². The van der Waals surface area contributed by atoms with Gasteiger partial charge in [0.25, 0.3) is 5.91 Å². The monoisotopic (exact) mass is 410 g/mol. The number of piperazine rings is 1. The number of aryl methyl sites for hydroxylation is 1. The normalized spacial score (nSPS) is 15.8. The van der Waals surface area contributed by atoms with Gasteiger partial charge in [0.05, 0.1) is 0 Å². The van der Waals surface area contributed by atoms with Crippen LogP contribution in [0, 0.1) is 12.3 Å². The van der Waals surface area contributed by atoms with E-state index in [0.29, 0.717) is 23.8 Å². The number of hydrogen-bond acceptors (Lipinski definition) is 6. The molecule has 0 saturated carbocycles. The zero-order chi connectivity index (χ0) is 21.7. The third-order valence-corrected chi connectivity index (χ3v) is 5.13. The van der Waals surface area contributed by atoms with Crippen LogP contribution in [0.3, 0.4) is 0 Å². The Morgan fingerprint density at radius 1 is 1.10 bits per heavy atom. The number of carbonyl (C=O) groups excluding carboxylic acids is 1. The van der Waals surface area contributed by atoms with E-state index in [0.717, 1.165) is 32.7 Å². The first-order valence-corrected chi connectivity index (χ1v) is 10.6. The van der Waals surface area contributed by atoms with Crippen molar-refractivity contribution in [1.82, 2.24) is 25.2 Å². The minimum absolute atomic E-state index is 0.0154. The maximum Gasteiger partial charge on any atom is 0.269 e. The van der Waals surface area contributed by atoms with Gasteiger partial charge in [-0.1, -0.05) is 32.9 Å². The number of carbonyl (C=O) groups is 1. The van der Waals surface area contributed by atoms with Crippen molar-refractivity contribution < 1.29 is 4.79 Å². The molecule has 30 heavy (non-hydrogen) atoms. The quantitative estimate of drug-likeness (QED) is 0.739. The Morgan fingerprint density at radius 3 is 2.37 bits per heavy atom. The predicted molar refractivity (Wildman–Crippen MR) is 120 cm³/mol. The summed E-state index contributed by atoms with van der Waals surface area (Å²) in [6.07, 6.45) is 1.71. The second-order valence-corrected chi connectivity index (χ2v) is 9.33. The fourth-order valence-corrected chi connectivity index (χ4v) is 3.46. The van der Waals surface area contributed by atoms with Crippen LogP contribution in [-0.4, -0.2) is 65.4 Å². The fraction of sp³-hybridized carbons (Fsp3) is 0.522. The summed E-state index contributed by atoms with van der Waals surface area (Å²) < 4.78 is 0. The Labute approximate surface area is 180 Å². The first-order chi connectivity index (χ1) is 14.2. The summed E-state index contributed by atoms with van der Waals surface area (Å²) in [6, 6.07) is 9.73. The van der Waals surface area contributed by atoms with E-state index in [4.69, 9.17) is 0 Å². The predicted octanol–water partition coefficient (Wildman–Crippen LogP) is 2.73. The molecule has 1 fully saturated rings. The highest BCUT2D eigenvalue weighted by Crippen LogP contribution is 2.19. The molecule has 1 aliphatic heterocycles. The Hall–Kier alpha value is -2.51. The van der Waals surface area contributed by atoms with Crippen LogP contribution in [-0.2, 0) is 6.54 Å². The summed E-state index contributed by atoms with van der Waals surface area (Å²) in [5.74, 6) is 1.23. The third kappa shape index (κ3) is 6.50. The molecule has 2 aromatic rings. The Balaban J connectivity index is 1.66. The highest BCUT2D eigenvalue weighted by molar-refractivity contribution is 5.95. The molecule has 0 aliphatic carbocycles. The number of benzene rings is 1. The van der Waals surface area contributed by atoms with Crippen molar-refractivity contribution in [1.29, 1.82) is 0 Å². The van der Waals surface area contributed by atoms with Crippen molar-refractivity contribution in [2.45, 2.75) is 34.2 Å². The number of hydrazine groups is 1. The van der Waals surface area contributed by atoms with Gasteiger partial charge in [-0.2, -0.15) is 0 Å². The minimum Gasteiger partial charge on any atom is -0.304 e. The molecule has 0 radical (unpaired) electrons. The van der Waals surface area contributed by atoms with Crippen LogP contribution in [0.25, 0.3) is 0 Å². The molecule has 1 aliphatic rings. The van der Waals surface area contributed by atoms with Crippen LogP contribution < -0.4 is 10.4 Å². The smallest absolute Gasteiger partial charge is 0.269 e. The molecule has 7 nitrogen and oxygen atoms in total. The summed E-state index contributed by atoms with van der Waals surface area (Å²) in [4.78, 5) is 26.4. The summed E-state index contributed by atoms with van der Waals surface area (Å²) in [6.45, 7) is 14.2. The van der Waals surface area contributed by atoms with Gasteiger partial charge < -0.3 is 4.90 Å². The average molecular weight is 411 g/mol. The zero-order valence-electron chi connectivity index (χ0n) is 18.9. The van der Waals surface area contributed by atoms with E-state index in [2.05, 4.69) is 65.1 Å². The molecule has 2 heterocycles. The van der Waals surface area contributed by atoms with Gasteiger partial charge in [0.2, 0.25) is 0 Å². The number of nitrogens with zero attached hydrogens (tertiary/aromatic N) is 5. The van der Waals surface area contributed by atoms with Gasteiger partial charge in [-0.05, 0) is 37.1 Å². The van der Waals surface area contributed by atoms with Crippen molar-refractivity contribution in [3.63, 3.8) is 0 Å². The molecule has 3 rings (SSSR count). The largest absolute Gasteiger partial charge is 0.304 e. The lowest BCUT2D eigenvalue weighted by atomic mass is 9.97. The summed E-state index contributed by atoms with van der Waals surface area (Å²) >= 11 is 0. The molecule has 162 valence electrons. The molecule has 1 saturated heterocycles. The minimum atomic E-state index is -0.137. The zero-order valence-corrected chi connectivity index (χ0v) is 18.9. The van der Waals surface area contributed by atoms with Crippen LogP contribution >= 0.6 is 0 Å². The first-order valence-electron chi connectivity index (χ1n) is 10.6. The van der Waals surface area contributed by atoms with Crippen molar-refractivity contribution >= 4 is 11.7 Å². The van der Waals surface area contributed by atoms with Crippen molar-refractivity contribution in [3.05, 3.63) is 53.5 Å². The van der Waals surface area contributed by atoms with E-state index in [1.54, 1.807) is 6.20 Å². The average Bonchev–Trinajstić information content (AvgIpc) is 2.69. The lowest BCUT2D eigenvalue weighted by molar-refractivity contribution is 0.0945. The number of nitrogens with one attached hydrogen (secondary N) is 1. The Morgan fingerprint density at radius 2 is 1.77 bits per heavy atom. The van der Waals surface area contributed by atoms with Crippen molar-refractivity contribution in [3.8, 4) is 0 Å². The molecule has 1 amide bonds. The molecule has 0 bridgehead atoms. The molecule has 1 aromatic heterocycles. The maximum absolute atomic E-state index is 12.9. The van der Waals surface area contributed by atoms with Crippen LogP contribution in [0.5, 0.6) is 0 Å². The molecule has 0 atom stereocenters.